The number of thioether (sulfide) groups is 1. The van der Waals surface area contributed by atoms with Crippen LogP contribution in [0.2, 0.25) is 0 Å². The smallest absolute Gasteiger partial charge is 0.161 e. The first kappa shape index (κ1) is 13.4. The lowest BCUT2D eigenvalue weighted by Crippen LogP contribution is -2.24. The molecule has 1 aliphatic heterocycles. The Morgan fingerprint density at radius 3 is 2.78 bits per heavy atom. The molecule has 0 fully saturated rings. The number of pyridine rings is 1. The number of hydrogen-bond acceptors (Lipinski definition) is 4. The number of aromatic nitrogens is 1. The Morgan fingerprint density at radius 2 is 2.11 bits per heavy atom. The largest absolute Gasteiger partial charge is 0.333 e. The third-order valence-electron chi connectivity index (χ3n) is 3.17. The monoisotopic (exact) mass is 263 g/mol. The number of aliphatic imine (C=N–C) groups is 1. The fourth-order valence-electron chi connectivity index (χ4n) is 2.01. The van der Waals surface area contributed by atoms with Crippen LogP contribution < -0.4 is 5.32 Å². The second-order valence-corrected chi connectivity index (χ2v) is 6.18. The van der Waals surface area contributed by atoms with Crippen LogP contribution in [0.3, 0.4) is 0 Å². The van der Waals surface area contributed by atoms with E-state index in [9.17, 15) is 0 Å². The molecule has 1 aromatic heterocycles. The average molecular weight is 263 g/mol. The molecule has 1 atom stereocenters. The van der Waals surface area contributed by atoms with Gasteiger partial charge >= 0.3 is 0 Å². The highest BCUT2D eigenvalue weighted by molar-refractivity contribution is 8.14. The third-order valence-corrected chi connectivity index (χ3v) is 4.09. The van der Waals surface area contributed by atoms with Gasteiger partial charge in [-0.2, -0.15) is 0 Å². The molecule has 1 aliphatic rings. The molecule has 18 heavy (non-hydrogen) atoms. The van der Waals surface area contributed by atoms with Crippen molar-refractivity contribution in [3.63, 3.8) is 0 Å². The Bertz CT molecular complexity index is 454. The first-order valence-corrected chi connectivity index (χ1v) is 7.46. The molecule has 0 saturated heterocycles. The molecule has 1 N–H and O–H groups in total. The van der Waals surface area contributed by atoms with Crippen LogP contribution in [-0.4, -0.2) is 21.9 Å². The summed E-state index contributed by atoms with van der Waals surface area (Å²) in [5.74, 6) is 1.76. The van der Waals surface area contributed by atoms with Crippen LogP contribution >= 0.6 is 11.8 Å². The molecule has 0 bridgehead atoms. The van der Waals surface area contributed by atoms with Crippen LogP contribution in [0, 0.1) is 19.8 Å². The molecule has 98 valence electrons. The molecular weight excluding hydrogens is 242 g/mol. The predicted molar refractivity (Wildman–Crippen MR) is 80.5 cm³/mol. The zero-order chi connectivity index (χ0) is 13.1. The second kappa shape index (κ2) is 5.74. The summed E-state index contributed by atoms with van der Waals surface area (Å²) >= 11 is 1.80. The van der Waals surface area contributed by atoms with Gasteiger partial charge in [-0.3, -0.25) is 9.98 Å². The van der Waals surface area contributed by atoms with Gasteiger partial charge in [0.2, 0.25) is 0 Å². The summed E-state index contributed by atoms with van der Waals surface area (Å²) in [5.41, 5.74) is 3.15. The first-order chi connectivity index (χ1) is 8.56. The average Bonchev–Trinajstić information content (AvgIpc) is 2.33. The van der Waals surface area contributed by atoms with E-state index in [0.717, 1.165) is 28.0 Å². The van der Waals surface area contributed by atoms with Gasteiger partial charge in [0.05, 0.1) is 17.4 Å². The van der Waals surface area contributed by atoms with Crippen molar-refractivity contribution in [2.45, 2.75) is 40.2 Å². The van der Waals surface area contributed by atoms with Crippen molar-refractivity contribution >= 4 is 22.6 Å². The molecule has 1 unspecified atom stereocenters. The number of nitrogens with zero attached hydrogens (tertiary/aromatic N) is 2. The van der Waals surface area contributed by atoms with Crippen LogP contribution in [0.5, 0.6) is 0 Å². The maximum Gasteiger partial charge on any atom is 0.161 e. The molecule has 0 radical (unpaired) electrons. The number of anilines is 1. The summed E-state index contributed by atoms with van der Waals surface area (Å²) in [6, 6.07) is 4.57. The lowest BCUT2D eigenvalue weighted by molar-refractivity contribution is 0.485. The van der Waals surface area contributed by atoms with Crippen LogP contribution in [0.1, 0.15) is 31.7 Å². The predicted octanol–water partition coefficient (Wildman–Crippen LogP) is 3.63. The minimum Gasteiger partial charge on any atom is -0.333 e. The van der Waals surface area contributed by atoms with Crippen LogP contribution in [-0.2, 0) is 0 Å². The van der Waals surface area contributed by atoms with Crippen LogP contribution in [0.25, 0.3) is 0 Å². The highest BCUT2D eigenvalue weighted by Crippen LogP contribution is 2.24. The molecule has 2 rings (SSSR count). The Morgan fingerprint density at radius 1 is 1.33 bits per heavy atom. The quantitative estimate of drug-likeness (QED) is 0.885. The lowest BCUT2D eigenvalue weighted by atomic mass is 10.0. The number of nitrogens with one attached hydrogen (secondary N) is 1. The van der Waals surface area contributed by atoms with Crippen molar-refractivity contribution in [2.75, 3.05) is 11.1 Å². The zero-order valence-electron chi connectivity index (χ0n) is 11.5. The zero-order valence-corrected chi connectivity index (χ0v) is 12.3. The van der Waals surface area contributed by atoms with E-state index >= 15 is 0 Å². The van der Waals surface area contributed by atoms with Crippen molar-refractivity contribution in [2.24, 2.45) is 10.9 Å². The van der Waals surface area contributed by atoms with Gasteiger partial charge in [-0.25, -0.2) is 0 Å². The molecule has 0 saturated carbocycles. The van der Waals surface area contributed by atoms with E-state index in [2.05, 4.69) is 30.2 Å². The standard InChI is InChI=1S/C14H21N3S/c1-9(2)12-7-8-18-14(16-12)17-13-6-5-10(3)15-11(13)4/h5-6,9,12H,7-8H2,1-4H3,(H,16,17). The van der Waals surface area contributed by atoms with E-state index < -0.39 is 0 Å². The van der Waals surface area contributed by atoms with Crippen LogP contribution in [0.15, 0.2) is 17.1 Å². The molecule has 3 nitrogen and oxygen atoms in total. The Hall–Kier alpha value is -1.03. The minimum absolute atomic E-state index is 0.451. The molecule has 1 aromatic rings. The van der Waals surface area contributed by atoms with Crippen molar-refractivity contribution in [1.29, 1.82) is 0 Å². The van der Waals surface area contributed by atoms with E-state index in [1.807, 2.05) is 19.9 Å². The third kappa shape index (κ3) is 3.25. The Labute approximate surface area is 113 Å². The summed E-state index contributed by atoms with van der Waals surface area (Å²) < 4.78 is 0. The summed E-state index contributed by atoms with van der Waals surface area (Å²) in [6.45, 7) is 8.52. The summed E-state index contributed by atoms with van der Waals surface area (Å²) in [5, 5.41) is 4.45. The molecule has 0 spiro atoms. The molecule has 0 aromatic carbocycles. The number of hydrogen-bond donors (Lipinski definition) is 1. The fraction of sp³-hybridized carbons (Fsp3) is 0.571. The van der Waals surface area contributed by atoms with Gasteiger partial charge in [-0.05, 0) is 38.3 Å². The first-order valence-electron chi connectivity index (χ1n) is 6.48. The normalized spacial score (nSPS) is 19.8. The maximum atomic E-state index is 4.78. The van der Waals surface area contributed by atoms with E-state index in [1.54, 1.807) is 11.8 Å². The van der Waals surface area contributed by atoms with E-state index in [4.69, 9.17) is 4.99 Å². The number of rotatable bonds is 2. The van der Waals surface area contributed by atoms with E-state index in [-0.39, 0.29) is 0 Å². The highest BCUT2D eigenvalue weighted by Gasteiger charge is 2.18. The molecular formula is C14H21N3S. The fourth-order valence-corrected chi connectivity index (χ4v) is 2.96. The molecule has 0 aliphatic carbocycles. The van der Waals surface area contributed by atoms with Crippen molar-refractivity contribution in [3.05, 3.63) is 23.5 Å². The SMILES string of the molecule is Cc1ccc(NC2=NC(C(C)C)CCS2)c(C)n1. The number of amidine groups is 1. The van der Waals surface area contributed by atoms with Crippen molar-refractivity contribution < 1.29 is 0 Å². The van der Waals surface area contributed by atoms with Gasteiger partial charge < -0.3 is 5.32 Å². The lowest BCUT2D eigenvalue weighted by Gasteiger charge is -2.23. The second-order valence-electron chi connectivity index (χ2n) is 5.09. The van der Waals surface area contributed by atoms with Crippen LogP contribution in [0.4, 0.5) is 5.69 Å². The van der Waals surface area contributed by atoms with E-state index in [1.165, 1.54) is 6.42 Å². The maximum absolute atomic E-state index is 4.78. The van der Waals surface area contributed by atoms with Gasteiger partial charge in [-0.1, -0.05) is 25.6 Å². The van der Waals surface area contributed by atoms with Gasteiger partial charge in [-0.15, -0.1) is 0 Å². The van der Waals surface area contributed by atoms with Crippen molar-refractivity contribution in [3.8, 4) is 0 Å². The molecule has 0 amide bonds. The summed E-state index contributed by atoms with van der Waals surface area (Å²) in [4.78, 5) is 9.25. The van der Waals surface area contributed by atoms with Gasteiger partial charge in [0.15, 0.2) is 5.17 Å². The van der Waals surface area contributed by atoms with E-state index in [0.29, 0.717) is 12.0 Å². The van der Waals surface area contributed by atoms with Gasteiger partial charge in [0, 0.05) is 11.4 Å². The molecule has 4 heteroatoms. The highest BCUT2D eigenvalue weighted by atomic mass is 32.2. The number of aryl methyl sites for hydroxylation is 2. The molecule has 2 heterocycles. The Kier molecular flexibility index (Phi) is 4.27. The minimum atomic E-state index is 0.451. The van der Waals surface area contributed by atoms with Crippen molar-refractivity contribution in [1.82, 2.24) is 4.98 Å². The topological polar surface area (TPSA) is 37.3 Å². The Balaban J connectivity index is 2.13. The summed E-state index contributed by atoms with van der Waals surface area (Å²) in [6.07, 6.45) is 1.18. The summed E-state index contributed by atoms with van der Waals surface area (Å²) in [7, 11) is 0. The van der Waals surface area contributed by atoms with Gasteiger partial charge in [0.25, 0.3) is 0 Å². The van der Waals surface area contributed by atoms with Gasteiger partial charge in [0.1, 0.15) is 0 Å².